The Kier molecular flexibility index (Phi) is 5.08. The molecule has 8 heteroatoms. The third-order valence-electron chi connectivity index (χ3n) is 2.78. The molecule has 0 fully saturated rings. The van der Waals surface area contributed by atoms with Crippen molar-refractivity contribution in [1.29, 1.82) is 0 Å². The number of ether oxygens (including phenoxy) is 2. The molecule has 0 aliphatic carbocycles. The van der Waals surface area contributed by atoms with Crippen molar-refractivity contribution in [2.75, 3.05) is 12.4 Å². The number of hydrogen-bond acceptors (Lipinski definition) is 6. The lowest BCUT2D eigenvalue weighted by Crippen LogP contribution is -2.27. The number of nitrogens with one attached hydrogen (secondary N) is 1. The van der Waals surface area contributed by atoms with Crippen molar-refractivity contribution in [2.45, 2.75) is 26.4 Å². The number of benzene rings is 1. The molecule has 0 aliphatic rings. The van der Waals surface area contributed by atoms with Gasteiger partial charge in [0.1, 0.15) is 21.4 Å². The number of para-hydroxylation sites is 1. The number of amides is 1. The van der Waals surface area contributed by atoms with E-state index in [1.54, 1.807) is 45.0 Å². The van der Waals surface area contributed by atoms with E-state index in [-0.39, 0.29) is 10.7 Å². The minimum Gasteiger partial charge on any atom is -0.496 e. The molecule has 24 heavy (non-hydrogen) atoms. The molecule has 0 aliphatic heterocycles. The maximum atomic E-state index is 11.9. The van der Waals surface area contributed by atoms with Gasteiger partial charge in [-0.2, -0.15) is 0 Å². The van der Waals surface area contributed by atoms with Crippen LogP contribution in [0, 0.1) is 0 Å². The number of carboxylic acids is 1. The highest BCUT2D eigenvalue weighted by atomic mass is 32.1. The summed E-state index contributed by atoms with van der Waals surface area (Å²) in [6, 6.07) is 7.10. The molecule has 0 saturated heterocycles. The van der Waals surface area contributed by atoms with Crippen molar-refractivity contribution < 1.29 is 24.2 Å². The van der Waals surface area contributed by atoms with E-state index in [1.807, 2.05) is 0 Å². The summed E-state index contributed by atoms with van der Waals surface area (Å²) in [6.07, 6.45) is -0.736. The van der Waals surface area contributed by atoms with Gasteiger partial charge in [-0.15, -0.1) is 0 Å². The minimum absolute atomic E-state index is 0.109. The Bertz CT molecular complexity index is 764. The summed E-state index contributed by atoms with van der Waals surface area (Å²) in [6.45, 7) is 5.16. The van der Waals surface area contributed by atoms with E-state index in [0.29, 0.717) is 16.3 Å². The summed E-state index contributed by atoms with van der Waals surface area (Å²) in [4.78, 5) is 27.4. The van der Waals surface area contributed by atoms with Crippen LogP contribution >= 0.6 is 11.3 Å². The van der Waals surface area contributed by atoms with Gasteiger partial charge in [0.2, 0.25) is 0 Å². The van der Waals surface area contributed by atoms with Gasteiger partial charge in [0.25, 0.3) is 0 Å². The first-order valence-electron chi connectivity index (χ1n) is 7.09. The number of thiazole rings is 1. The van der Waals surface area contributed by atoms with Crippen LogP contribution in [0.25, 0.3) is 10.6 Å². The zero-order valence-electron chi connectivity index (χ0n) is 13.7. The van der Waals surface area contributed by atoms with Gasteiger partial charge in [0.05, 0.1) is 12.7 Å². The number of aromatic carboxylic acids is 1. The number of nitrogens with zero attached hydrogens (tertiary/aromatic N) is 1. The fourth-order valence-electron chi connectivity index (χ4n) is 1.88. The number of carbonyl (C=O) groups is 2. The van der Waals surface area contributed by atoms with E-state index in [9.17, 15) is 14.7 Å². The van der Waals surface area contributed by atoms with Gasteiger partial charge in [-0.3, -0.25) is 5.32 Å². The zero-order chi connectivity index (χ0) is 17.9. The molecule has 0 atom stereocenters. The van der Waals surface area contributed by atoms with Gasteiger partial charge >= 0.3 is 12.1 Å². The maximum absolute atomic E-state index is 11.9. The fraction of sp³-hybridized carbons (Fsp3) is 0.312. The molecule has 0 unspecified atom stereocenters. The Balaban J connectivity index is 2.37. The van der Waals surface area contributed by atoms with Crippen molar-refractivity contribution in [1.82, 2.24) is 4.98 Å². The second-order valence-corrected chi connectivity index (χ2v) is 6.83. The molecule has 128 valence electrons. The number of anilines is 1. The Morgan fingerprint density at radius 1 is 1.25 bits per heavy atom. The number of methoxy groups -OCH3 is 1. The molecule has 0 bridgehead atoms. The van der Waals surface area contributed by atoms with E-state index in [2.05, 4.69) is 10.3 Å². The monoisotopic (exact) mass is 350 g/mol. The molecule has 1 aromatic carbocycles. The van der Waals surface area contributed by atoms with Crippen LogP contribution in [0.5, 0.6) is 5.75 Å². The predicted molar refractivity (Wildman–Crippen MR) is 90.9 cm³/mol. The average molecular weight is 350 g/mol. The standard InChI is InChI=1S/C16H18N2O5S/c1-16(2,3)23-15(21)18-13-11(14(19)20)17-12(24-13)9-7-5-6-8-10(9)22-4/h5-8H,1-4H3,(H,18,21)(H,19,20). The first-order chi connectivity index (χ1) is 11.2. The SMILES string of the molecule is COc1ccccc1-c1nc(C(=O)O)c(NC(=O)OC(C)(C)C)s1. The second kappa shape index (κ2) is 6.88. The number of carbonyl (C=O) groups excluding carboxylic acids is 1. The highest BCUT2D eigenvalue weighted by molar-refractivity contribution is 7.19. The fourth-order valence-corrected chi connectivity index (χ4v) is 2.86. The largest absolute Gasteiger partial charge is 0.496 e. The average Bonchev–Trinajstić information content (AvgIpc) is 2.89. The molecule has 2 aromatic rings. The van der Waals surface area contributed by atoms with Crippen LogP contribution in [0.3, 0.4) is 0 Å². The lowest BCUT2D eigenvalue weighted by Gasteiger charge is -2.19. The van der Waals surface area contributed by atoms with Gasteiger partial charge in [-0.25, -0.2) is 14.6 Å². The molecule has 1 amide bonds. The van der Waals surface area contributed by atoms with Crippen LogP contribution in [0.2, 0.25) is 0 Å². The molecular weight excluding hydrogens is 332 g/mol. The molecule has 2 N–H and O–H groups in total. The topological polar surface area (TPSA) is 97.8 Å². The normalized spacial score (nSPS) is 11.0. The van der Waals surface area contributed by atoms with Crippen molar-refractivity contribution in [3.63, 3.8) is 0 Å². The predicted octanol–water partition coefficient (Wildman–Crippen LogP) is 3.86. The summed E-state index contributed by atoms with van der Waals surface area (Å²) in [5, 5.41) is 12.3. The third-order valence-corrected chi connectivity index (χ3v) is 3.79. The van der Waals surface area contributed by atoms with Crippen molar-refractivity contribution in [3.8, 4) is 16.3 Å². The number of carboxylic acid groups (broad SMARTS) is 1. The van der Waals surface area contributed by atoms with Crippen molar-refractivity contribution >= 4 is 28.4 Å². The number of aromatic nitrogens is 1. The van der Waals surface area contributed by atoms with Gasteiger partial charge < -0.3 is 14.6 Å². The quantitative estimate of drug-likeness (QED) is 0.869. The summed E-state index contributed by atoms with van der Waals surface area (Å²) in [5.74, 6) is -0.675. The molecule has 0 saturated carbocycles. The van der Waals surface area contributed by atoms with Gasteiger partial charge in [0, 0.05) is 0 Å². The van der Waals surface area contributed by atoms with Crippen molar-refractivity contribution in [3.05, 3.63) is 30.0 Å². The summed E-state index contributed by atoms with van der Waals surface area (Å²) >= 11 is 1.04. The molecular formula is C16H18N2O5S. The molecule has 0 spiro atoms. The summed E-state index contributed by atoms with van der Waals surface area (Å²) in [5.41, 5.74) is -0.291. The Morgan fingerprint density at radius 2 is 1.92 bits per heavy atom. The van der Waals surface area contributed by atoms with Gasteiger partial charge in [-0.1, -0.05) is 23.5 Å². The molecule has 1 heterocycles. The molecule has 0 radical (unpaired) electrons. The summed E-state index contributed by atoms with van der Waals surface area (Å²) < 4.78 is 10.4. The molecule has 7 nitrogen and oxygen atoms in total. The van der Waals surface area contributed by atoms with E-state index in [4.69, 9.17) is 9.47 Å². The second-order valence-electron chi connectivity index (χ2n) is 5.83. The van der Waals surface area contributed by atoms with E-state index in [0.717, 1.165) is 11.3 Å². The molecule has 2 rings (SSSR count). The Labute approximate surface area is 143 Å². The highest BCUT2D eigenvalue weighted by Crippen LogP contribution is 2.37. The van der Waals surface area contributed by atoms with E-state index >= 15 is 0 Å². The van der Waals surface area contributed by atoms with Crippen LogP contribution in [-0.2, 0) is 4.74 Å². The highest BCUT2D eigenvalue weighted by Gasteiger charge is 2.23. The number of hydrogen-bond donors (Lipinski definition) is 2. The zero-order valence-corrected chi connectivity index (χ0v) is 14.6. The lowest BCUT2D eigenvalue weighted by atomic mass is 10.2. The van der Waals surface area contributed by atoms with Crippen LogP contribution in [0.4, 0.5) is 9.80 Å². The lowest BCUT2D eigenvalue weighted by molar-refractivity contribution is 0.0636. The first kappa shape index (κ1) is 17.7. The van der Waals surface area contributed by atoms with Crippen molar-refractivity contribution in [2.24, 2.45) is 0 Å². The molecule has 1 aromatic heterocycles. The first-order valence-corrected chi connectivity index (χ1v) is 7.90. The van der Waals surface area contributed by atoms with Crippen LogP contribution in [0.1, 0.15) is 31.3 Å². The maximum Gasteiger partial charge on any atom is 0.412 e. The Morgan fingerprint density at radius 3 is 2.50 bits per heavy atom. The van der Waals surface area contributed by atoms with Crippen LogP contribution in [0.15, 0.2) is 24.3 Å². The Hall–Kier alpha value is -2.61. The number of rotatable bonds is 4. The minimum atomic E-state index is -1.24. The van der Waals surface area contributed by atoms with E-state index < -0.39 is 17.7 Å². The smallest absolute Gasteiger partial charge is 0.412 e. The summed E-state index contributed by atoms with van der Waals surface area (Å²) in [7, 11) is 1.52. The third kappa shape index (κ3) is 4.23. The van der Waals surface area contributed by atoms with Crippen LogP contribution in [-0.4, -0.2) is 34.9 Å². The van der Waals surface area contributed by atoms with Gasteiger partial charge in [0.15, 0.2) is 5.69 Å². The van der Waals surface area contributed by atoms with E-state index in [1.165, 1.54) is 7.11 Å². The van der Waals surface area contributed by atoms with Gasteiger partial charge in [-0.05, 0) is 32.9 Å². The van der Waals surface area contributed by atoms with Crippen LogP contribution < -0.4 is 10.1 Å².